The van der Waals surface area contributed by atoms with E-state index in [1.54, 1.807) is 0 Å². The van der Waals surface area contributed by atoms with Crippen LogP contribution >= 0.6 is 0 Å². The van der Waals surface area contributed by atoms with Crippen LogP contribution in [-0.2, 0) is 9.53 Å². The van der Waals surface area contributed by atoms with E-state index in [0.717, 1.165) is 19.5 Å². The van der Waals surface area contributed by atoms with Gasteiger partial charge in [-0.15, -0.1) is 0 Å². The Bertz CT molecular complexity index is 135. The van der Waals surface area contributed by atoms with Gasteiger partial charge in [-0.3, -0.25) is 4.79 Å². The van der Waals surface area contributed by atoms with Crippen molar-refractivity contribution < 1.29 is 9.53 Å². The summed E-state index contributed by atoms with van der Waals surface area (Å²) < 4.78 is 5.02. The van der Waals surface area contributed by atoms with Gasteiger partial charge in [0.25, 0.3) is 0 Å². The van der Waals surface area contributed by atoms with Crippen LogP contribution in [0.1, 0.15) is 33.6 Å². The minimum absolute atomic E-state index is 0.0957. The maximum atomic E-state index is 11.0. The first kappa shape index (κ1) is 12.4. The molecule has 0 aromatic rings. The van der Waals surface area contributed by atoms with E-state index in [0.29, 0.717) is 18.9 Å². The van der Waals surface area contributed by atoms with Crippen molar-refractivity contribution >= 4 is 5.97 Å². The molecule has 0 fully saturated rings. The van der Waals surface area contributed by atoms with Crippen molar-refractivity contribution in [1.29, 1.82) is 0 Å². The first-order valence-corrected chi connectivity index (χ1v) is 5.03. The monoisotopic (exact) mass is 187 g/mol. The van der Waals surface area contributed by atoms with E-state index in [9.17, 15) is 4.79 Å². The second-order valence-corrected chi connectivity index (χ2v) is 3.51. The molecule has 0 saturated carbocycles. The van der Waals surface area contributed by atoms with Crippen LogP contribution in [0.25, 0.3) is 0 Å². The molecule has 0 unspecified atom stereocenters. The van der Waals surface area contributed by atoms with E-state index in [1.807, 2.05) is 6.92 Å². The first-order valence-electron chi connectivity index (χ1n) is 5.03. The highest BCUT2D eigenvalue weighted by atomic mass is 16.5. The summed E-state index contributed by atoms with van der Waals surface area (Å²) in [5.74, 6) is 0.503. The molecule has 13 heavy (non-hydrogen) atoms. The van der Waals surface area contributed by atoms with Gasteiger partial charge < -0.3 is 10.1 Å². The van der Waals surface area contributed by atoms with E-state index >= 15 is 0 Å². The Morgan fingerprint density at radius 2 is 2.15 bits per heavy atom. The Labute approximate surface area is 80.8 Å². The summed E-state index contributed by atoms with van der Waals surface area (Å²) in [5, 5.41) is 3.08. The number of esters is 1. The number of ether oxygens (including phenoxy) is 1. The molecule has 0 aromatic heterocycles. The number of nitrogens with one attached hydrogen (secondary N) is 1. The Morgan fingerprint density at radius 3 is 2.69 bits per heavy atom. The summed E-state index contributed by atoms with van der Waals surface area (Å²) in [7, 11) is 0. The SMILES string of the molecule is CCNCCC(=O)OCCC(C)C. The van der Waals surface area contributed by atoms with E-state index in [1.165, 1.54) is 0 Å². The van der Waals surface area contributed by atoms with E-state index in [4.69, 9.17) is 4.74 Å². The van der Waals surface area contributed by atoms with Crippen LogP contribution in [0.3, 0.4) is 0 Å². The summed E-state index contributed by atoms with van der Waals surface area (Å²) in [6.07, 6.45) is 1.43. The van der Waals surface area contributed by atoms with Crippen molar-refractivity contribution in [3.8, 4) is 0 Å². The third-order valence-electron chi connectivity index (χ3n) is 1.71. The molecule has 0 atom stereocenters. The molecule has 0 radical (unpaired) electrons. The molecule has 3 nitrogen and oxygen atoms in total. The van der Waals surface area contributed by atoms with Crippen molar-refractivity contribution in [3.05, 3.63) is 0 Å². The quantitative estimate of drug-likeness (QED) is 0.485. The lowest BCUT2D eigenvalue weighted by Gasteiger charge is -2.06. The van der Waals surface area contributed by atoms with Crippen molar-refractivity contribution in [2.45, 2.75) is 33.6 Å². The molecule has 0 spiro atoms. The van der Waals surface area contributed by atoms with Gasteiger partial charge in [0, 0.05) is 6.54 Å². The Kier molecular flexibility index (Phi) is 7.69. The molecule has 3 heteroatoms. The van der Waals surface area contributed by atoms with Gasteiger partial charge in [-0.05, 0) is 18.9 Å². The predicted molar refractivity (Wildman–Crippen MR) is 53.6 cm³/mol. The molecule has 0 aliphatic heterocycles. The molecule has 0 aliphatic carbocycles. The maximum Gasteiger partial charge on any atom is 0.307 e. The van der Waals surface area contributed by atoms with Crippen molar-refractivity contribution in [2.75, 3.05) is 19.7 Å². The van der Waals surface area contributed by atoms with Crippen LogP contribution in [0.4, 0.5) is 0 Å². The molecule has 0 bridgehead atoms. The molecule has 0 aliphatic rings. The van der Waals surface area contributed by atoms with Crippen LogP contribution < -0.4 is 5.32 Å². The third-order valence-corrected chi connectivity index (χ3v) is 1.71. The van der Waals surface area contributed by atoms with Gasteiger partial charge in [-0.25, -0.2) is 0 Å². The Balaban J connectivity index is 3.20. The molecule has 0 saturated heterocycles. The number of rotatable bonds is 7. The van der Waals surface area contributed by atoms with Crippen LogP contribution in [0.15, 0.2) is 0 Å². The van der Waals surface area contributed by atoms with E-state index in [2.05, 4.69) is 19.2 Å². The van der Waals surface area contributed by atoms with Gasteiger partial charge in [0.1, 0.15) is 0 Å². The fourth-order valence-electron chi connectivity index (χ4n) is 0.848. The molecular weight excluding hydrogens is 166 g/mol. The average molecular weight is 187 g/mol. The van der Waals surface area contributed by atoms with Gasteiger partial charge in [0.2, 0.25) is 0 Å². The Hall–Kier alpha value is -0.570. The summed E-state index contributed by atoms with van der Waals surface area (Å²) in [6, 6.07) is 0. The molecule has 1 N–H and O–H groups in total. The Morgan fingerprint density at radius 1 is 1.46 bits per heavy atom. The minimum atomic E-state index is -0.0957. The fourth-order valence-corrected chi connectivity index (χ4v) is 0.848. The highest BCUT2D eigenvalue weighted by molar-refractivity contribution is 5.69. The van der Waals surface area contributed by atoms with Crippen LogP contribution in [0, 0.1) is 5.92 Å². The van der Waals surface area contributed by atoms with Crippen LogP contribution in [0.2, 0.25) is 0 Å². The lowest BCUT2D eigenvalue weighted by Crippen LogP contribution is -2.19. The van der Waals surface area contributed by atoms with E-state index in [-0.39, 0.29) is 5.97 Å². The smallest absolute Gasteiger partial charge is 0.307 e. The summed E-state index contributed by atoms with van der Waals surface area (Å²) >= 11 is 0. The van der Waals surface area contributed by atoms with Crippen LogP contribution in [0.5, 0.6) is 0 Å². The summed E-state index contributed by atoms with van der Waals surface area (Å²) in [4.78, 5) is 11.0. The van der Waals surface area contributed by atoms with Crippen molar-refractivity contribution in [3.63, 3.8) is 0 Å². The topological polar surface area (TPSA) is 38.3 Å². The molecule has 0 aromatic carbocycles. The fraction of sp³-hybridized carbons (Fsp3) is 0.900. The van der Waals surface area contributed by atoms with Gasteiger partial charge >= 0.3 is 5.97 Å². The number of hydrogen-bond donors (Lipinski definition) is 1. The lowest BCUT2D eigenvalue weighted by molar-refractivity contribution is -0.143. The lowest BCUT2D eigenvalue weighted by atomic mass is 10.1. The molecular formula is C10H21NO2. The highest BCUT2D eigenvalue weighted by Crippen LogP contribution is 1.99. The standard InChI is InChI=1S/C10H21NO2/c1-4-11-7-5-10(12)13-8-6-9(2)3/h9,11H,4-8H2,1-3H3. The zero-order valence-corrected chi connectivity index (χ0v) is 8.93. The average Bonchev–Trinajstić information content (AvgIpc) is 2.04. The number of carbonyl (C=O) groups excluding carboxylic acids is 1. The first-order chi connectivity index (χ1) is 6.16. The van der Waals surface area contributed by atoms with E-state index < -0.39 is 0 Å². The molecule has 0 rings (SSSR count). The summed E-state index contributed by atoms with van der Waals surface area (Å²) in [6.45, 7) is 8.43. The number of carbonyl (C=O) groups is 1. The zero-order valence-electron chi connectivity index (χ0n) is 8.93. The van der Waals surface area contributed by atoms with Gasteiger partial charge in [0.15, 0.2) is 0 Å². The molecule has 78 valence electrons. The van der Waals surface area contributed by atoms with Crippen molar-refractivity contribution in [1.82, 2.24) is 5.32 Å². The predicted octanol–water partition coefficient (Wildman–Crippen LogP) is 1.58. The van der Waals surface area contributed by atoms with Crippen LogP contribution in [-0.4, -0.2) is 25.7 Å². The summed E-state index contributed by atoms with van der Waals surface area (Å²) in [5.41, 5.74) is 0. The largest absolute Gasteiger partial charge is 0.466 e. The molecule has 0 heterocycles. The van der Waals surface area contributed by atoms with Gasteiger partial charge in [-0.1, -0.05) is 20.8 Å². The third kappa shape index (κ3) is 9.34. The number of hydrogen-bond acceptors (Lipinski definition) is 3. The van der Waals surface area contributed by atoms with Gasteiger partial charge in [-0.2, -0.15) is 0 Å². The van der Waals surface area contributed by atoms with Crippen molar-refractivity contribution in [2.24, 2.45) is 5.92 Å². The molecule has 0 amide bonds. The maximum absolute atomic E-state index is 11.0. The van der Waals surface area contributed by atoms with Gasteiger partial charge in [0.05, 0.1) is 13.0 Å². The minimum Gasteiger partial charge on any atom is -0.466 e. The zero-order chi connectivity index (χ0) is 10.1. The second-order valence-electron chi connectivity index (χ2n) is 3.51. The second kappa shape index (κ2) is 8.05. The normalized spacial score (nSPS) is 10.5. The highest BCUT2D eigenvalue weighted by Gasteiger charge is 2.02.